The highest BCUT2D eigenvalue weighted by Gasteiger charge is 2.21. The summed E-state index contributed by atoms with van der Waals surface area (Å²) >= 11 is 6.09. The van der Waals surface area contributed by atoms with Gasteiger partial charge >= 0.3 is 0 Å². The van der Waals surface area contributed by atoms with Crippen molar-refractivity contribution < 1.29 is 4.79 Å². The predicted molar refractivity (Wildman–Crippen MR) is 84.7 cm³/mol. The van der Waals surface area contributed by atoms with Gasteiger partial charge in [-0.25, -0.2) is 0 Å². The first-order valence-corrected chi connectivity index (χ1v) is 7.56. The van der Waals surface area contributed by atoms with E-state index < -0.39 is 0 Å². The Labute approximate surface area is 124 Å². The number of aromatic nitrogens is 1. The van der Waals surface area contributed by atoms with E-state index in [-0.39, 0.29) is 11.8 Å². The van der Waals surface area contributed by atoms with E-state index in [0.717, 1.165) is 36.0 Å². The van der Waals surface area contributed by atoms with Gasteiger partial charge in [0.1, 0.15) is 0 Å². The molecule has 1 atom stereocenters. The van der Waals surface area contributed by atoms with E-state index in [1.165, 1.54) is 0 Å². The van der Waals surface area contributed by atoms with Crippen LogP contribution in [0.2, 0.25) is 5.02 Å². The summed E-state index contributed by atoms with van der Waals surface area (Å²) in [6.45, 7) is 7.74. The normalized spacial score (nSPS) is 12.8. The molecule has 2 rings (SSSR count). The van der Waals surface area contributed by atoms with E-state index in [0.29, 0.717) is 5.02 Å². The Hall–Kier alpha value is -1.32. The second kappa shape index (κ2) is 6.42. The molecule has 20 heavy (non-hydrogen) atoms. The number of ketones is 1. The van der Waals surface area contributed by atoms with Crippen molar-refractivity contribution in [2.75, 3.05) is 6.54 Å². The van der Waals surface area contributed by atoms with Gasteiger partial charge in [0, 0.05) is 34.2 Å². The minimum absolute atomic E-state index is 0.130. The zero-order valence-corrected chi connectivity index (χ0v) is 13.0. The third-order valence-corrected chi connectivity index (χ3v) is 3.86. The van der Waals surface area contributed by atoms with Gasteiger partial charge in [-0.3, -0.25) is 4.79 Å². The smallest absolute Gasteiger partial charge is 0.181 e. The number of fused-ring (bicyclic) bond motifs is 1. The van der Waals surface area contributed by atoms with Gasteiger partial charge < -0.3 is 9.88 Å². The molecule has 3 nitrogen and oxygen atoms in total. The van der Waals surface area contributed by atoms with Crippen molar-refractivity contribution in [3.8, 4) is 0 Å². The molecule has 0 aliphatic heterocycles. The lowest BCUT2D eigenvalue weighted by molar-refractivity contribution is 0.0943. The van der Waals surface area contributed by atoms with Gasteiger partial charge in [-0.15, -0.1) is 0 Å². The van der Waals surface area contributed by atoms with Crippen molar-refractivity contribution in [3.05, 3.63) is 35.0 Å². The fraction of sp³-hybridized carbons (Fsp3) is 0.438. The molecule has 1 aromatic heterocycles. The summed E-state index contributed by atoms with van der Waals surface area (Å²) in [6, 6.07) is 5.60. The molecule has 0 amide bonds. The lowest BCUT2D eigenvalue weighted by Gasteiger charge is -2.13. The molecular weight excluding hydrogens is 272 g/mol. The van der Waals surface area contributed by atoms with E-state index in [1.54, 1.807) is 0 Å². The summed E-state index contributed by atoms with van der Waals surface area (Å²) in [6.07, 6.45) is 2.73. The molecular formula is C16H21ClN2O. The van der Waals surface area contributed by atoms with Gasteiger partial charge in [-0.1, -0.05) is 25.4 Å². The van der Waals surface area contributed by atoms with Gasteiger partial charge in [-0.05, 0) is 38.1 Å². The summed E-state index contributed by atoms with van der Waals surface area (Å²) in [5, 5.41) is 4.85. The summed E-state index contributed by atoms with van der Waals surface area (Å²) < 4.78 is 2.09. The molecule has 0 saturated heterocycles. The van der Waals surface area contributed by atoms with Crippen LogP contribution in [0.25, 0.3) is 10.9 Å². The van der Waals surface area contributed by atoms with Crippen molar-refractivity contribution in [2.24, 2.45) is 0 Å². The van der Waals surface area contributed by atoms with Crippen LogP contribution in [0.1, 0.15) is 37.6 Å². The van der Waals surface area contributed by atoms with Gasteiger partial charge in [0.25, 0.3) is 0 Å². The Bertz CT molecular complexity index is 618. The second-order valence-electron chi connectivity index (χ2n) is 4.87. The Morgan fingerprint density at radius 3 is 2.70 bits per heavy atom. The number of Topliss-reactive ketones (excluding diaryl/α,β-unsaturated/α-hetero) is 1. The van der Waals surface area contributed by atoms with Crippen molar-refractivity contribution in [2.45, 2.75) is 39.8 Å². The monoisotopic (exact) mass is 292 g/mol. The molecule has 0 radical (unpaired) electrons. The van der Waals surface area contributed by atoms with Crippen molar-refractivity contribution >= 4 is 28.3 Å². The van der Waals surface area contributed by atoms with Crippen molar-refractivity contribution in [3.63, 3.8) is 0 Å². The van der Waals surface area contributed by atoms with E-state index in [1.807, 2.05) is 38.2 Å². The molecule has 2 aromatic rings. The Morgan fingerprint density at radius 2 is 2.10 bits per heavy atom. The fourth-order valence-corrected chi connectivity index (χ4v) is 2.76. The molecule has 0 aliphatic rings. The molecule has 1 unspecified atom stereocenters. The lowest BCUT2D eigenvalue weighted by atomic mass is 10.0. The summed E-state index contributed by atoms with van der Waals surface area (Å²) in [7, 11) is 0. The van der Waals surface area contributed by atoms with E-state index >= 15 is 0 Å². The minimum atomic E-state index is -0.130. The maximum Gasteiger partial charge on any atom is 0.181 e. The first kappa shape index (κ1) is 15.1. The number of benzene rings is 1. The molecule has 0 saturated carbocycles. The average Bonchev–Trinajstić information content (AvgIpc) is 2.81. The summed E-state index contributed by atoms with van der Waals surface area (Å²) in [5.74, 6) is 0.147. The minimum Gasteiger partial charge on any atom is -0.347 e. The SMILES string of the molecule is CCNC(CC)C(=O)c1cn(CC)c2ccc(Cl)cc12. The Morgan fingerprint density at radius 1 is 1.35 bits per heavy atom. The number of aryl methyl sites for hydroxylation is 1. The van der Waals surface area contributed by atoms with Crippen molar-refractivity contribution in [1.29, 1.82) is 0 Å². The number of nitrogens with one attached hydrogen (secondary N) is 1. The van der Waals surface area contributed by atoms with Crippen LogP contribution in [0.5, 0.6) is 0 Å². The number of nitrogens with zero attached hydrogens (tertiary/aromatic N) is 1. The number of carbonyl (C=O) groups is 1. The highest BCUT2D eigenvalue weighted by Crippen LogP contribution is 2.26. The number of hydrogen-bond donors (Lipinski definition) is 1. The average molecular weight is 293 g/mol. The number of carbonyl (C=O) groups excluding carboxylic acids is 1. The van der Waals surface area contributed by atoms with E-state index in [2.05, 4.69) is 16.8 Å². The highest BCUT2D eigenvalue weighted by atomic mass is 35.5. The number of rotatable bonds is 6. The Kier molecular flexibility index (Phi) is 4.84. The van der Waals surface area contributed by atoms with Gasteiger partial charge in [-0.2, -0.15) is 0 Å². The van der Waals surface area contributed by atoms with Gasteiger partial charge in [0.05, 0.1) is 6.04 Å². The quantitative estimate of drug-likeness (QED) is 0.820. The Balaban J connectivity index is 2.53. The van der Waals surface area contributed by atoms with Crippen LogP contribution in [0.4, 0.5) is 0 Å². The topological polar surface area (TPSA) is 34.0 Å². The highest BCUT2D eigenvalue weighted by molar-refractivity contribution is 6.31. The van der Waals surface area contributed by atoms with Crippen LogP contribution in [0.3, 0.4) is 0 Å². The molecule has 0 fully saturated rings. The van der Waals surface area contributed by atoms with E-state index in [4.69, 9.17) is 11.6 Å². The standard InChI is InChI=1S/C16H21ClN2O/c1-4-14(18-5-2)16(20)13-10-19(6-3)15-8-7-11(17)9-12(13)15/h7-10,14,18H,4-6H2,1-3H3. The van der Waals surface area contributed by atoms with E-state index in [9.17, 15) is 4.79 Å². The maximum absolute atomic E-state index is 12.7. The van der Waals surface area contributed by atoms with Gasteiger partial charge in [0.15, 0.2) is 5.78 Å². The zero-order valence-electron chi connectivity index (χ0n) is 12.2. The summed E-state index contributed by atoms with van der Waals surface area (Å²) in [4.78, 5) is 12.7. The summed E-state index contributed by atoms with van der Waals surface area (Å²) in [5.41, 5.74) is 1.82. The van der Waals surface area contributed by atoms with Crippen LogP contribution in [0, 0.1) is 0 Å². The molecule has 1 heterocycles. The third-order valence-electron chi connectivity index (χ3n) is 3.62. The molecule has 0 spiro atoms. The fourth-order valence-electron chi connectivity index (χ4n) is 2.58. The third kappa shape index (κ3) is 2.74. The first-order chi connectivity index (χ1) is 9.62. The predicted octanol–water partition coefficient (Wildman–Crippen LogP) is 3.89. The number of hydrogen-bond acceptors (Lipinski definition) is 2. The molecule has 0 bridgehead atoms. The molecule has 1 aromatic carbocycles. The number of halogens is 1. The molecule has 4 heteroatoms. The van der Waals surface area contributed by atoms with Crippen LogP contribution in [-0.4, -0.2) is 22.9 Å². The lowest BCUT2D eigenvalue weighted by Crippen LogP contribution is -2.35. The van der Waals surface area contributed by atoms with Gasteiger partial charge in [0.2, 0.25) is 0 Å². The molecule has 1 N–H and O–H groups in total. The first-order valence-electron chi connectivity index (χ1n) is 7.18. The number of likely N-dealkylation sites (N-methyl/N-ethyl adjacent to an activating group) is 1. The van der Waals surface area contributed by atoms with Crippen molar-refractivity contribution in [1.82, 2.24) is 9.88 Å². The maximum atomic E-state index is 12.7. The van der Waals surface area contributed by atoms with Crippen LogP contribution >= 0.6 is 11.6 Å². The largest absolute Gasteiger partial charge is 0.347 e. The van der Waals surface area contributed by atoms with Crippen LogP contribution in [-0.2, 0) is 6.54 Å². The van der Waals surface area contributed by atoms with Crippen LogP contribution in [0.15, 0.2) is 24.4 Å². The molecule has 0 aliphatic carbocycles. The molecule has 108 valence electrons. The zero-order chi connectivity index (χ0) is 14.7. The second-order valence-corrected chi connectivity index (χ2v) is 5.31. The van der Waals surface area contributed by atoms with Crippen LogP contribution < -0.4 is 5.32 Å².